The van der Waals surface area contributed by atoms with Crippen LogP contribution in [0.3, 0.4) is 0 Å². The van der Waals surface area contributed by atoms with Crippen LogP contribution in [0.25, 0.3) is 0 Å². The van der Waals surface area contributed by atoms with Crippen LogP contribution in [0.4, 0.5) is 4.39 Å². The smallest absolute Gasteiger partial charge is 0.244 e. The fourth-order valence-corrected chi connectivity index (χ4v) is 3.16. The molecule has 2 atom stereocenters. The number of hydrogen-bond donors (Lipinski definition) is 0. The van der Waals surface area contributed by atoms with E-state index in [-0.39, 0.29) is 23.2 Å². The molecule has 2 fully saturated rings. The van der Waals surface area contributed by atoms with Crippen LogP contribution in [0.5, 0.6) is 0 Å². The largest absolute Gasteiger partial charge is 0.273 e. The summed E-state index contributed by atoms with van der Waals surface area (Å²) >= 11 is 0. The van der Waals surface area contributed by atoms with Crippen molar-refractivity contribution in [3.8, 4) is 0 Å². The molecule has 1 aromatic rings. The Bertz CT molecular complexity index is 519. The van der Waals surface area contributed by atoms with E-state index in [0.717, 1.165) is 31.5 Å². The standard InChI is InChI=1S/C15H19FN2O/c1-3-15(2)10-17-8-7-13(18(17)14(15)19)11-5-4-6-12(16)9-11/h4-6,9,13H,3,7-8,10H2,1-2H3. The minimum atomic E-state index is -0.286. The summed E-state index contributed by atoms with van der Waals surface area (Å²) in [4.78, 5) is 12.6. The van der Waals surface area contributed by atoms with Crippen LogP contribution in [-0.2, 0) is 4.79 Å². The van der Waals surface area contributed by atoms with Crippen LogP contribution in [0.15, 0.2) is 24.3 Å². The van der Waals surface area contributed by atoms with Crippen molar-refractivity contribution in [1.29, 1.82) is 0 Å². The monoisotopic (exact) mass is 262 g/mol. The van der Waals surface area contributed by atoms with Gasteiger partial charge in [0.1, 0.15) is 5.82 Å². The van der Waals surface area contributed by atoms with E-state index in [1.807, 2.05) is 18.0 Å². The Morgan fingerprint density at radius 3 is 2.95 bits per heavy atom. The first-order valence-corrected chi connectivity index (χ1v) is 6.89. The van der Waals surface area contributed by atoms with Crippen LogP contribution in [0, 0.1) is 11.2 Å². The van der Waals surface area contributed by atoms with E-state index < -0.39 is 0 Å². The van der Waals surface area contributed by atoms with Gasteiger partial charge in [-0.25, -0.2) is 9.40 Å². The predicted molar refractivity (Wildman–Crippen MR) is 70.6 cm³/mol. The number of rotatable bonds is 2. The lowest BCUT2D eigenvalue weighted by molar-refractivity contribution is -0.142. The molecule has 0 bridgehead atoms. The Morgan fingerprint density at radius 1 is 1.47 bits per heavy atom. The number of amides is 1. The number of hydrogen-bond acceptors (Lipinski definition) is 2. The first-order chi connectivity index (χ1) is 9.05. The van der Waals surface area contributed by atoms with Crippen LogP contribution < -0.4 is 0 Å². The summed E-state index contributed by atoms with van der Waals surface area (Å²) in [5.74, 6) is -0.0531. The van der Waals surface area contributed by atoms with Gasteiger partial charge in [-0.2, -0.15) is 0 Å². The molecule has 102 valence electrons. The predicted octanol–water partition coefficient (Wildman–Crippen LogP) is 2.75. The average molecular weight is 262 g/mol. The number of carbonyl (C=O) groups is 1. The van der Waals surface area contributed by atoms with E-state index in [0.29, 0.717) is 0 Å². The van der Waals surface area contributed by atoms with Crippen molar-refractivity contribution < 1.29 is 9.18 Å². The Kier molecular flexibility index (Phi) is 2.86. The first kappa shape index (κ1) is 12.6. The van der Waals surface area contributed by atoms with E-state index in [2.05, 4.69) is 11.9 Å². The van der Waals surface area contributed by atoms with Gasteiger partial charge in [0.2, 0.25) is 5.91 Å². The Hall–Kier alpha value is -1.42. The van der Waals surface area contributed by atoms with Gasteiger partial charge in [0.05, 0.1) is 11.5 Å². The fraction of sp³-hybridized carbons (Fsp3) is 0.533. The molecule has 2 saturated heterocycles. The summed E-state index contributed by atoms with van der Waals surface area (Å²) in [6, 6.07) is 6.61. The van der Waals surface area contributed by atoms with E-state index in [9.17, 15) is 9.18 Å². The molecule has 1 amide bonds. The lowest BCUT2D eigenvalue weighted by atomic mass is 9.87. The molecule has 0 N–H and O–H groups in total. The number of hydrazine groups is 1. The molecular weight excluding hydrogens is 243 g/mol. The van der Waals surface area contributed by atoms with Gasteiger partial charge in [-0.05, 0) is 37.5 Å². The van der Waals surface area contributed by atoms with Crippen molar-refractivity contribution in [2.45, 2.75) is 32.7 Å². The maximum Gasteiger partial charge on any atom is 0.244 e. The highest BCUT2D eigenvalue weighted by molar-refractivity contribution is 5.84. The van der Waals surface area contributed by atoms with Gasteiger partial charge in [-0.1, -0.05) is 19.1 Å². The average Bonchev–Trinajstić information content (AvgIpc) is 2.90. The summed E-state index contributed by atoms with van der Waals surface area (Å²) in [6.45, 7) is 5.74. The lowest BCUT2D eigenvalue weighted by Gasteiger charge is -2.26. The van der Waals surface area contributed by atoms with E-state index >= 15 is 0 Å². The molecule has 4 heteroatoms. The lowest BCUT2D eigenvalue weighted by Crippen LogP contribution is -2.36. The van der Waals surface area contributed by atoms with Crippen LogP contribution in [0.1, 0.15) is 38.3 Å². The van der Waals surface area contributed by atoms with Gasteiger partial charge in [0.15, 0.2) is 0 Å². The molecule has 2 heterocycles. The van der Waals surface area contributed by atoms with Crippen LogP contribution >= 0.6 is 0 Å². The third-order valence-electron chi connectivity index (χ3n) is 4.53. The summed E-state index contributed by atoms with van der Waals surface area (Å²) < 4.78 is 13.4. The molecule has 3 rings (SSSR count). The van der Waals surface area contributed by atoms with Gasteiger partial charge in [0.25, 0.3) is 0 Å². The second-order valence-electron chi connectivity index (χ2n) is 5.81. The Balaban J connectivity index is 1.92. The zero-order valence-corrected chi connectivity index (χ0v) is 11.4. The number of benzene rings is 1. The maximum absolute atomic E-state index is 13.4. The molecular formula is C15H19FN2O. The molecule has 0 aliphatic carbocycles. The van der Waals surface area contributed by atoms with Crippen molar-refractivity contribution in [3.05, 3.63) is 35.6 Å². The molecule has 2 aliphatic rings. The second-order valence-corrected chi connectivity index (χ2v) is 5.81. The van der Waals surface area contributed by atoms with Gasteiger partial charge in [0, 0.05) is 13.1 Å². The third-order valence-corrected chi connectivity index (χ3v) is 4.53. The fourth-order valence-electron chi connectivity index (χ4n) is 3.16. The van der Waals surface area contributed by atoms with Gasteiger partial charge >= 0.3 is 0 Å². The summed E-state index contributed by atoms with van der Waals surface area (Å²) in [5.41, 5.74) is 0.614. The van der Waals surface area contributed by atoms with Gasteiger partial charge < -0.3 is 0 Å². The first-order valence-electron chi connectivity index (χ1n) is 6.89. The number of carbonyl (C=O) groups excluding carboxylic acids is 1. The maximum atomic E-state index is 13.4. The highest BCUT2D eigenvalue weighted by Gasteiger charge is 2.51. The molecule has 0 aromatic heterocycles. The summed E-state index contributed by atoms with van der Waals surface area (Å²) in [5, 5.41) is 3.99. The van der Waals surface area contributed by atoms with Crippen LogP contribution in [0.2, 0.25) is 0 Å². The number of nitrogens with zero attached hydrogens (tertiary/aromatic N) is 2. The van der Waals surface area contributed by atoms with Crippen molar-refractivity contribution in [3.63, 3.8) is 0 Å². The number of fused-ring (bicyclic) bond motifs is 1. The normalized spacial score (nSPS) is 31.0. The molecule has 0 saturated carbocycles. The van der Waals surface area contributed by atoms with Crippen molar-refractivity contribution in [2.75, 3.05) is 13.1 Å². The molecule has 3 nitrogen and oxygen atoms in total. The van der Waals surface area contributed by atoms with Gasteiger partial charge in [-0.15, -0.1) is 0 Å². The minimum absolute atomic E-state index is 0.00317. The molecule has 19 heavy (non-hydrogen) atoms. The molecule has 2 aliphatic heterocycles. The second kappa shape index (κ2) is 4.30. The highest BCUT2D eigenvalue weighted by atomic mass is 19.1. The Labute approximate surface area is 113 Å². The molecule has 1 aromatic carbocycles. The van der Waals surface area contributed by atoms with Crippen molar-refractivity contribution >= 4 is 5.91 Å². The SMILES string of the molecule is CCC1(C)CN2CCC(c3cccc(F)c3)N2C1=O. The van der Waals surface area contributed by atoms with E-state index in [1.54, 1.807) is 12.1 Å². The van der Waals surface area contributed by atoms with Crippen molar-refractivity contribution in [1.82, 2.24) is 10.0 Å². The quantitative estimate of drug-likeness (QED) is 0.818. The van der Waals surface area contributed by atoms with Crippen LogP contribution in [-0.4, -0.2) is 29.0 Å². The highest BCUT2D eigenvalue weighted by Crippen LogP contribution is 2.43. The number of halogens is 1. The van der Waals surface area contributed by atoms with Crippen molar-refractivity contribution in [2.24, 2.45) is 5.41 Å². The topological polar surface area (TPSA) is 23.6 Å². The minimum Gasteiger partial charge on any atom is -0.273 e. The molecule has 2 unspecified atom stereocenters. The van der Waals surface area contributed by atoms with E-state index in [4.69, 9.17) is 0 Å². The summed E-state index contributed by atoms with van der Waals surface area (Å²) in [6.07, 6.45) is 1.73. The molecule has 0 radical (unpaired) electrons. The zero-order chi connectivity index (χ0) is 13.6. The Morgan fingerprint density at radius 2 is 2.26 bits per heavy atom. The zero-order valence-electron chi connectivity index (χ0n) is 11.4. The summed E-state index contributed by atoms with van der Waals surface area (Å²) in [7, 11) is 0. The van der Waals surface area contributed by atoms with Gasteiger partial charge in [-0.3, -0.25) is 9.80 Å². The molecule has 0 spiro atoms. The third kappa shape index (κ3) is 1.86. The van der Waals surface area contributed by atoms with E-state index in [1.165, 1.54) is 6.07 Å².